The predicted octanol–water partition coefficient (Wildman–Crippen LogP) is 5.03. The van der Waals surface area contributed by atoms with Crippen LogP contribution < -0.4 is 4.74 Å². The molecule has 0 unspecified atom stereocenters. The van der Waals surface area contributed by atoms with Crippen LogP contribution in [0.2, 0.25) is 5.15 Å². The molecule has 2 heterocycles. The van der Waals surface area contributed by atoms with Crippen LogP contribution in [0.4, 0.5) is 0 Å². The van der Waals surface area contributed by atoms with Crippen LogP contribution in [-0.2, 0) is 0 Å². The van der Waals surface area contributed by atoms with Gasteiger partial charge < -0.3 is 4.74 Å². The van der Waals surface area contributed by atoms with Crippen molar-refractivity contribution in [3.63, 3.8) is 0 Å². The SMILES string of the molecule is CCOc1ccccc1-c1nc(Cl)c2c(C)c(C)sc2n1. The van der Waals surface area contributed by atoms with Gasteiger partial charge in [0.2, 0.25) is 0 Å². The van der Waals surface area contributed by atoms with Crippen LogP contribution in [-0.4, -0.2) is 16.6 Å². The maximum atomic E-state index is 6.37. The number of rotatable bonds is 3. The van der Waals surface area contributed by atoms with E-state index in [0.717, 1.165) is 27.1 Å². The highest BCUT2D eigenvalue weighted by atomic mass is 35.5. The van der Waals surface area contributed by atoms with Crippen molar-refractivity contribution in [2.24, 2.45) is 0 Å². The van der Waals surface area contributed by atoms with E-state index in [1.54, 1.807) is 11.3 Å². The van der Waals surface area contributed by atoms with Crippen molar-refractivity contribution in [3.8, 4) is 17.1 Å². The van der Waals surface area contributed by atoms with E-state index in [1.165, 1.54) is 4.88 Å². The minimum Gasteiger partial charge on any atom is -0.493 e. The van der Waals surface area contributed by atoms with E-state index < -0.39 is 0 Å². The first-order chi connectivity index (χ1) is 10.1. The van der Waals surface area contributed by atoms with E-state index in [0.29, 0.717) is 17.6 Å². The maximum absolute atomic E-state index is 6.37. The van der Waals surface area contributed by atoms with Crippen LogP contribution in [0.15, 0.2) is 24.3 Å². The molecule has 2 aromatic heterocycles. The lowest BCUT2D eigenvalue weighted by Crippen LogP contribution is -1.97. The van der Waals surface area contributed by atoms with Gasteiger partial charge in [0.25, 0.3) is 0 Å². The molecule has 0 spiro atoms. The van der Waals surface area contributed by atoms with Crippen LogP contribution >= 0.6 is 22.9 Å². The van der Waals surface area contributed by atoms with Crippen molar-refractivity contribution in [2.75, 3.05) is 6.61 Å². The first-order valence-electron chi connectivity index (χ1n) is 6.77. The summed E-state index contributed by atoms with van der Waals surface area (Å²) >= 11 is 8.02. The van der Waals surface area contributed by atoms with Crippen LogP contribution in [0.1, 0.15) is 17.4 Å². The Morgan fingerprint density at radius 3 is 2.71 bits per heavy atom. The minimum atomic E-state index is 0.503. The summed E-state index contributed by atoms with van der Waals surface area (Å²) in [7, 11) is 0. The summed E-state index contributed by atoms with van der Waals surface area (Å²) in [6.07, 6.45) is 0. The Labute approximate surface area is 132 Å². The molecule has 1 aromatic carbocycles. The van der Waals surface area contributed by atoms with Gasteiger partial charge >= 0.3 is 0 Å². The number of aromatic nitrogens is 2. The molecule has 3 nitrogen and oxygen atoms in total. The Morgan fingerprint density at radius 1 is 1.19 bits per heavy atom. The molecular weight excluding hydrogens is 304 g/mol. The molecule has 0 amide bonds. The largest absolute Gasteiger partial charge is 0.493 e. The summed E-state index contributed by atoms with van der Waals surface area (Å²) < 4.78 is 5.65. The second kappa shape index (κ2) is 5.62. The minimum absolute atomic E-state index is 0.503. The standard InChI is InChI=1S/C16H15ClN2OS/c1-4-20-12-8-6-5-7-11(12)15-18-14(17)13-9(2)10(3)21-16(13)19-15/h5-8H,4H2,1-3H3. The Balaban J connectivity index is 2.22. The van der Waals surface area contributed by atoms with Gasteiger partial charge in [-0.25, -0.2) is 9.97 Å². The van der Waals surface area contributed by atoms with E-state index in [-0.39, 0.29) is 0 Å². The monoisotopic (exact) mass is 318 g/mol. The van der Waals surface area contributed by atoms with E-state index >= 15 is 0 Å². The lowest BCUT2D eigenvalue weighted by atomic mass is 10.1. The molecule has 0 bridgehead atoms. The van der Waals surface area contributed by atoms with Crippen molar-refractivity contribution in [1.82, 2.24) is 9.97 Å². The molecule has 5 heteroatoms. The zero-order valence-electron chi connectivity index (χ0n) is 12.1. The van der Waals surface area contributed by atoms with Gasteiger partial charge in [-0.15, -0.1) is 11.3 Å². The number of benzene rings is 1. The highest BCUT2D eigenvalue weighted by Crippen LogP contribution is 2.36. The molecule has 0 N–H and O–H groups in total. The fourth-order valence-electron chi connectivity index (χ4n) is 2.25. The van der Waals surface area contributed by atoms with E-state index in [2.05, 4.69) is 23.8 Å². The first kappa shape index (κ1) is 14.3. The number of thiophene rings is 1. The highest BCUT2D eigenvalue weighted by molar-refractivity contribution is 7.18. The number of halogens is 1. The van der Waals surface area contributed by atoms with Gasteiger partial charge in [-0.05, 0) is 38.5 Å². The third-order valence-corrected chi connectivity index (χ3v) is 4.79. The second-order valence-corrected chi connectivity index (χ2v) is 6.29. The highest BCUT2D eigenvalue weighted by Gasteiger charge is 2.16. The third kappa shape index (κ3) is 2.49. The molecule has 108 valence electrons. The summed E-state index contributed by atoms with van der Waals surface area (Å²) in [4.78, 5) is 11.3. The van der Waals surface area contributed by atoms with Crippen LogP contribution in [0.25, 0.3) is 21.6 Å². The Bertz CT molecular complexity index is 813. The molecule has 0 saturated heterocycles. The Kier molecular flexibility index (Phi) is 3.83. The number of para-hydroxylation sites is 1. The van der Waals surface area contributed by atoms with Gasteiger partial charge in [0.15, 0.2) is 5.82 Å². The second-order valence-electron chi connectivity index (χ2n) is 4.73. The molecule has 0 aliphatic heterocycles. The number of fused-ring (bicyclic) bond motifs is 1. The fourth-order valence-corrected chi connectivity index (χ4v) is 3.65. The van der Waals surface area contributed by atoms with Gasteiger partial charge in [-0.1, -0.05) is 23.7 Å². The van der Waals surface area contributed by atoms with E-state index in [4.69, 9.17) is 16.3 Å². The van der Waals surface area contributed by atoms with E-state index in [9.17, 15) is 0 Å². The quantitative estimate of drug-likeness (QED) is 0.635. The maximum Gasteiger partial charge on any atom is 0.166 e. The molecule has 0 saturated carbocycles. The van der Waals surface area contributed by atoms with E-state index in [1.807, 2.05) is 31.2 Å². The summed E-state index contributed by atoms with van der Waals surface area (Å²) in [5, 5.41) is 1.46. The average molecular weight is 319 g/mol. The molecule has 0 atom stereocenters. The fraction of sp³-hybridized carbons (Fsp3) is 0.250. The van der Waals surface area contributed by atoms with Crippen molar-refractivity contribution in [2.45, 2.75) is 20.8 Å². The zero-order chi connectivity index (χ0) is 15.0. The summed E-state index contributed by atoms with van der Waals surface area (Å²) in [6, 6.07) is 7.76. The first-order valence-corrected chi connectivity index (χ1v) is 7.96. The topological polar surface area (TPSA) is 35.0 Å². The zero-order valence-corrected chi connectivity index (χ0v) is 13.7. The molecule has 0 aliphatic rings. The van der Waals surface area contributed by atoms with Crippen molar-refractivity contribution in [1.29, 1.82) is 0 Å². The number of aryl methyl sites for hydroxylation is 2. The lowest BCUT2D eigenvalue weighted by molar-refractivity contribution is 0.341. The lowest BCUT2D eigenvalue weighted by Gasteiger charge is -2.09. The molecular formula is C16H15ClN2OS. The number of hydrogen-bond donors (Lipinski definition) is 0. The van der Waals surface area contributed by atoms with Crippen LogP contribution in [0.3, 0.4) is 0 Å². The smallest absolute Gasteiger partial charge is 0.166 e. The molecule has 21 heavy (non-hydrogen) atoms. The van der Waals surface area contributed by atoms with Crippen LogP contribution in [0.5, 0.6) is 5.75 Å². The van der Waals surface area contributed by atoms with Gasteiger partial charge in [-0.3, -0.25) is 0 Å². The Hall–Kier alpha value is -1.65. The van der Waals surface area contributed by atoms with Crippen molar-refractivity contribution >= 4 is 33.2 Å². The predicted molar refractivity (Wildman–Crippen MR) is 88.5 cm³/mol. The molecule has 3 aromatic rings. The summed E-state index contributed by atoms with van der Waals surface area (Å²) in [5.74, 6) is 1.39. The summed E-state index contributed by atoms with van der Waals surface area (Å²) in [6.45, 7) is 6.69. The number of nitrogens with zero attached hydrogens (tertiary/aromatic N) is 2. The normalized spacial score (nSPS) is 11.0. The summed E-state index contributed by atoms with van der Waals surface area (Å²) in [5.41, 5.74) is 2.02. The molecule has 0 aliphatic carbocycles. The van der Waals surface area contributed by atoms with Gasteiger partial charge in [0.1, 0.15) is 15.7 Å². The van der Waals surface area contributed by atoms with Gasteiger partial charge in [0.05, 0.1) is 17.6 Å². The molecule has 3 rings (SSSR count). The number of ether oxygens (including phenoxy) is 1. The Morgan fingerprint density at radius 2 is 1.95 bits per heavy atom. The average Bonchev–Trinajstić information content (AvgIpc) is 2.75. The third-order valence-electron chi connectivity index (χ3n) is 3.41. The van der Waals surface area contributed by atoms with Crippen molar-refractivity contribution in [3.05, 3.63) is 39.9 Å². The van der Waals surface area contributed by atoms with Crippen molar-refractivity contribution < 1.29 is 4.74 Å². The van der Waals surface area contributed by atoms with Gasteiger partial charge in [-0.2, -0.15) is 0 Å². The number of hydrogen-bond acceptors (Lipinski definition) is 4. The molecule has 0 fully saturated rings. The molecule has 0 radical (unpaired) electrons. The van der Waals surface area contributed by atoms with Crippen LogP contribution in [0, 0.1) is 13.8 Å². The van der Waals surface area contributed by atoms with Gasteiger partial charge in [0, 0.05) is 4.88 Å².